The van der Waals surface area contributed by atoms with Gasteiger partial charge in [0.1, 0.15) is 23.4 Å². The molecule has 0 radical (unpaired) electrons. The van der Waals surface area contributed by atoms with Crippen molar-refractivity contribution < 1.29 is 14.2 Å². The third-order valence-corrected chi connectivity index (χ3v) is 4.46. The van der Waals surface area contributed by atoms with Gasteiger partial charge in [-0.15, -0.1) is 0 Å². The maximum atomic E-state index is 6.23. The van der Waals surface area contributed by atoms with Gasteiger partial charge >= 0.3 is 0 Å². The first-order chi connectivity index (χ1) is 11.6. The summed E-state index contributed by atoms with van der Waals surface area (Å²) in [5.74, 6) is 2.35. The maximum absolute atomic E-state index is 6.23. The average Bonchev–Trinajstić information content (AvgIpc) is 2.53. The van der Waals surface area contributed by atoms with Crippen LogP contribution in [0.4, 0.5) is 0 Å². The third kappa shape index (κ3) is 3.77. The molecule has 0 unspecified atom stereocenters. The predicted molar refractivity (Wildman–Crippen MR) is 95.4 cm³/mol. The molecule has 1 saturated heterocycles. The lowest BCUT2D eigenvalue weighted by molar-refractivity contribution is 0.0141. The Morgan fingerprint density at radius 1 is 1.08 bits per heavy atom. The molecule has 0 aliphatic carbocycles. The van der Waals surface area contributed by atoms with Crippen LogP contribution < -0.4 is 14.2 Å². The van der Waals surface area contributed by atoms with Crippen molar-refractivity contribution in [2.45, 2.75) is 19.6 Å². The van der Waals surface area contributed by atoms with E-state index in [1.165, 1.54) is 5.56 Å². The van der Waals surface area contributed by atoms with Crippen LogP contribution in [-0.4, -0.2) is 38.3 Å². The van der Waals surface area contributed by atoms with Crippen LogP contribution in [0, 0.1) is 6.92 Å². The quantitative estimate of drug-likeness (QED) is 0.792. The number of aryl methyl sites for hydroxylation is 1. The number of ether oxygens (including phenoxy) is 3. The van der Waals surface area contributed by atoms with E-state index in [4.69, 9.17) is 25.8 Å². The zero-order valence-electron chi connectivity index (χ0n) is 14.2. The number of likely N-dealkylation sites (tertiary alicyclic amines) is 1. The van der Waals surface area contributed by atoms with Crippen molar-refractivity contribution in [2.75, 3.05) is 27.3 Å². The second kappa shape index (κ2) is 7.32. The molecule has 4 nitrogen and oxygen atoms in total. The highest BCUT2D eigenvalue weighted by atomic mass is 35.5. The zero-order chi connectivity index (χ0) is 17.1. The van der Waals surface area contributed by atoms with Crippen LogP contribution in [0.2, 0.25) is 5.02 Å². The smallest absolute Gasteiger partial charge is 0.141 e. The summed E-state index contributed by atoms with van der Waals surface area (Å²) in [6, 6.07) is 11.9. The Morgan fingerprint density at radius 3 is 2.50 bits per heavy atom. The van der Waals surface area contributed by atoms with Gasteiger partial charge in [-0.2, -0.15) is 0 Å². The summed E-state index contributed by atoms with van der Waals surface area (Å²) in [6.45, 7) is 4.63. The Labute approximate surface area is 147 Å². The second-order valence-electron chi connectivity index (χ2n) is 6.05. The molecular formula is C19H22ClNO3. The molecule has 24 heavy (non-hydrogen) atoms. The molecule has 1 heterocycles. The van der Waals surface area contributed by atoms with Gasteiger partial charge < -0.3 is 14.2 Å². The molecule has 0 amide bonds. The standard InChI is InChI=1S/C19H22ClNO3/c1-13-5-4-6-15(7-13)24-16-11-21(12-16)10-14-8-17(20)19(23-3)9-18(14)22-2/h4-9,16H,10-12H2,1-3H3. The Balaban J connectivity index is 1.58. The molecule has 0 bridgehead atoms. The number of halogens is 1. The normalized spacial score (nSPS) is 15.0. The second-order valence-corrected chi connectivity index (χ2v) is 6.46. The molecule has 2 aromatic rings. The van der Waals surface area contributed by atoms with E-state index in [-0.39, 0.29) is 6.10 Å². The Morgan fingerprint density at radius 2 is 1.83 bits per heavy atom. The first kappa shape index (κ1) is 16.9. The average molecular weight is 348 g/mol. The van der Waals surface area contributed by atoms with Crippen molar-refractivity contribution in [1.29, 1.82) is 0 Å². The van der Waals surface area contributed by atoms with Crippen molar-refractivity contribution in [3.05, 3.63) is 52.5 Å². The number of rotatable bonds is 6. The molecule has 0 saturated carbocycles. The summed E-state index contributed by atoms with van der Waals surface area (Å²) in [4.78, 5) is 2.31. The number of nitrogens with zero attached hydrogens (tertiary/aromatic N) is 1. The van der Waals surface area contributed by atoms with Crippen molar-refractivity contribution in [1.82, 2.24) is 4.90 Å². The van der Waals surface area contributed by atoms with Crippen LogP contribution in [0.3, 0.4) is 0 Å². The van der Waals surface area contributed by atoms with E-state index in [1.807, 2.05) is 24.3 Å². The van der Waals surface area contributed by atoms with Crippen LogP contribution in [0.5, 0.6) is 17.2 Å². The third-order valence-electron chi connectivity index (χ3n) is 4.16. The van der Waals surface area contributed by atoms with E-state index in [2.05, 4.69) is 24.0 Å². The largest absolute Gasteiger partial charge is 0.496 e. The van der Waals surface area contributed by atoms with E-state index in [9.17, 15) is 0 Å². The van der Waals surface area contributed by atoms with Gasteiger partial charge in [-0.3, -0.25) is 4.90 Å². The molecule has 1 aliphatic rings. The maximum Gasteiger partial charge on any atom is 0.141 e. The van der Waals surface area contributed by atoms with Gasteiger partial charge in [0.05, 0.1) is 19.2 Å². The Hall–Kier alpha value is -1.91. The van der Waals surface area contributed by atoms with Crippen molar-refractivity contribution >= 4 is 11.6 Å². The minimum Gasteiger partial charge on any atom is -0.496 e. The zero-order valence-corrected chi connectivity index (χ0v) is 15.0. The van der Waals surface area contributed by atoms with Crippen molar-refractivity contribution in [3.63, 3.8) is 0 Å². The van der Waals surface area contributed by atoms with Gasteiger partial charge in [-0.25, -0.2) is 0 Å². The van der Waals surface area contributed by atoms with E-state index in [0.29, 0.717) is 10.8 Å². The lowest BCUT2D eigenvalue weighted by Gasteiger charge is -2.39. The first-order valence-corrected chi connectivity index (χ1v) is 8.33. The minimum absolute atomic E-state index is 0.228. The topological polar surface area (TPSA) is 30.9 Å². The van der Waals surface area contributed by atoms with Gasteiger partial charge in [0.2, 0.25) is 0 Å². The molecule has 128 valence electrons. The van der Waals surface area contributed by atoms with Gasteiger partial charge in [-0.05, 0) is 30.7 Å². The SMILES string of the molecule is COc1cc(OC)c(CN2CC(Oc3cccc(C)c3)C2)cc1Cl. The fourth-order valence-corrected chi connectivity index (χ4v) is 3.16. The summed E-state index contributed by atoms with van der Waals surface area (Å²) < 4.78 is 16.7. The van der Waals surface area contributed by atoms with E-state index < -0.39 is 0 Å². The van der Waals surface area contributed by atoms with Crippen LogP contribution in [0.25, 0.3) is 0 Å². The number of hydrogen-bond donors (Lipinski definition) is 0. The summed E-state index contributed by atoms with van der Waals surface area (Å²) >= 11 is 6.23. The summed E-state index contributed by atoms with van der Waals surface area (Å²) in [5, 5.41) is 0.599. The fourth-order valence-electron chi connectivity index (χ4n) is 2.89. The van der Waals surface area contributed by atoms with E-state index >= 15 is 0 Å². The van der Waals surface area contributed by atoms with E-state index in [0.717, 1.165) is 36.7 Å². The molecule has 0 aromatic heterocycles. The highest BCUT2D eigenvalue weighted by Crippen LogP contribution is 2.34. The minimum atomic E-state index is 0.228. The van der Waals surface area contributed by atoms with Crippen LogP contribution in [0.15, 0.2) is 36.4 Å². The predicted octanol–water partition coefficient (Wildman–Crippen LogP) is 3.93. The first-order valence-electron chi connectivity index (χ1n) is 7.95. The van der Waals surface area contributed by atoms with Crippen molar-refractivity contribution in [3.8, 4) is 17.2 Å². The number of benzene rings is 2. The molecule has 1 fully saturated rings. The number of methoxy groups -OCH3 is 2. The monoisotopic (exact) mass is 347 g/mol. The lowest BCUT2D eigenvalue weighted by Crippen LogP contribution is -2.53. The van der Waals surface area contributed by atoms with Crippen molar-refractivity contribution in [2.24, 2.45) is 0 Å². The highest BCUT2D eigenvalue weighted by Gasteiger charge is 2.29. The molecule has 2 aromatic carbocycles. The molecule has 1 aliphatic heterocycles. The summed E-state index contributed by atoms with van der Waals surface area (Å²) in [7, 11) is 3.26. The van der Waals surface area contributed by atoms with Crippen LogP contribution in [-0.2, 0) is 6.54 Å². The molecule has 3 rings (SSSR count). The summed E-state index contributed by atoms with van der Waals surface area (Å²) in [6.07, 6.45) is 0.228. The molecule has 5 heteroatoms. The Kier molecular flexibility index (Phi) is 5.17. The van der Waals surface area contributed by atoms with Gasteiger partial charge in [0.25, 0.3) is 0 Å². The molecule has 0 N–H and O–H groups in total. The molecule has 0 spiro atoms. The summed E-state index contributed by atoms with van der Waals surface area (Å²) in [5.41, 5.74) is 2.26. The number of hydrogen-bond acceptors (Lipinski definition) is 4. The van der Waals surface area contributed by atoms with Crippen LogP contribution >= 0.6 is 11.6 Å². The van der Waals surface area contributed by atoms with E-state index in [1.54, 1.807) is 14.2 Å². The van der Waals surface area contributed by atoms with Gasteiger partial charge in [0.15, 0.2) is 0 Å². The Bertz CT molecular complexity index is 714. The molecular weight excluding hydrogens is 326 g/mol. The van der Waals surface area contributed by atoms with Gasteiger partial charge in [-0.1, -0.05) is 23.7 Å². The molecule has 0 atom stereocenters. The van der Waals surface area contributed by atoms with Crippen LogP contribution in [0.1, 0.15) is 11.1 Å². The lowest BCUT2D eigenvalue weighted by atomic mass is 10.1. The highest BCUT2D eigenvalue weighted by molar-refractivity contribution is 6.32. The van der Waals surface area contributed by atoms with Gasteiger partial charge in [0, 0.05) is 31.3 Å². The fraction of sp³-hybridized carbons (Fsp3) is 0.368.